The molecule has 1 heterocycles. The van der Waals surface area contributed by atoms with Crippen molar-refractivity contribution in [3.8, 4) is 5.75 Å². The van der Waals surface area contributed by atoms with E-state index in [4.69, 9.17) is 43.6 Å². The predicted octanol–water partition coefficient (Wildman–Crippen LogP) is 0.305. The molecule has 18 nitrogen and oxygen atoms in total. The van der Waals surface area contributed by atoms with Crippen LogP contribution in [0.2, 0.25) is 0 Å². The van der Waals surface area contributed by atoms with E-state index >= 15 is 0 Å². The van der Waals surface area contributed by atoms with Crippen LogP contribution in [0.25, 0.3) is 0 Å². The molecule has 1 aromatic rings. The Kier molecular flexibility index (Phi) is 14.5. The summed E-state index contributed by atoms with van der Waals surface area (Å²) in [5, 5.41) is 2.19. The standard InChI is InChI=1S/C31H40N2O16/c1-8-42-29(40)31(33-15(3)34,30(41)43-9-2)13-21(39)20-11-10-12-22(24(20)32)48-28-27(47-19(7)38)26(46-18(6)37)25(45-17(5)36)23(49-28)14-44-16(4)35/h10-12,23,25-28H,8-9,13-14,32H2,1-7H3,(H,33,34)/t23-,25-,26+,27-,28-/m1/s1. The molecular weight excluding hydrogens is 656 g/mol. The third-order valence-corrected chi connectivity index (χ3v) is 6.62. The van der Waals surface area contributed by atoms with Gasteiger partial charge in [-0.25, -0.2) is 9.59 Å². The number of anilines is 1. The van der Waals surface area contributed by atoms with Crippen LogP contribution in [0, 0.1) is 0 Å². The minimum absolute atomic E-state index is 0.199. The first-order chi connectivity index (χ1) is 23.0. The molecule has 5 atom stereocenters. The van der Waals surface area contributed by atoms with E-state index in [1.54, 1.807) is 0 Å². The molecule has 0 bridgehead atoms. The fourth-order valence-corrected chi connectivity index (χ4v) is 4.82. The number of carbonyl (C=O) groups excluding carboxylic acids is 8. The monoisotopic (exact) mass is 696 g/mol. The van der Waals surface area contributed by atoms with Gasteiger partial charge in [-0.2, -0.15) is 0 Å². The molecule has 1 aliphatic heterocycles. The summed E-state index contributed by atoms with van der Waals surface area (Å²) in [5.41, 5.74) is 3.11. The van der Waals surface area contributed by atoms with Crippen LogP contribution in [-0.2, 0) is 66.7 Å². The number of nitrogens with one attached hydrogen (secondary N) is 1. The highest BCUT2D eigenvalue weighted by Crippen LogP contribution is 2.34. The molecule has 0 aromatic heterocycles. The predicted molar refractivity (Wildman–Crippen MR) is 162 cm³/mol. The lowest BCUT2D eigenvalue weighted by Gasteiger charge is -2.44. The lowest BCUT2D eigenvalue weighted by molar-refractivity contribution is -0.288. The molecule has 1 amide bonds. The molecule has 0 aliphatic carbocycles. The third kappa shape index (κ3) is 10.6. The van der Waals surface area contributed by atoms with Gasteiger partial charge in [-0.3, -0.25) is 28.8 Å². The van der Waals surface area contributed by atoms with E-state index < -0.39 is 96.8 Å². The van der Waals surface area contributed by atoms with E-state index in [0.717, 1.165) is 34.6 Å². The summed E-state index contributed by atoms with van der Waals surface area (Å²) in [6.07, 6.45) is -8.63. The lowest BCUT2D eigenvalue weighted by Crippen LogP contribution is -2.63. The Hall–Kier alpha value is -5.26. The summed E-state index contributed by atoms with van der Waals surface area (Å²) in [5.74, 6) is -7.86. The van der Waals surface area contributed by atoms with Crippen molar-refractivity contribution in [3.63, 3.8) is 0 Å². The van der Waals surface area contributed by atoms with Gasteiger partial charge >= 0.3 is 35.8 Å². The minimum Gasteiger partial charge on any atom is -0.464 e. The summed E-state index contributed by atoms with van der Waals surface area (Å²) in [7, 11) is 0. The second kappa shape index (κ2) is 17.8. The summed E-state index contributed by atoms with van der Waals surface area (Å²) in [4.78, 5) is 99.8. The Morgan fingerprint density at radius 3 is 1.78 bits per heavy atom. The fourth-order valence-electron chi connectivity index (χ4n) is 4.82. The maximum Gasteiger partial charge on any atom is 0.344 e. The topological polar surface area (TPSA) is 248 Å². The van der Waals surface area contributed by atoms with Crippen molar-refractivity contribution in [3.05, 3.63) is 23.8 Å². The number of ether oxygens (including phenoxy) is 8. The molecule has 1 fully saturated rings. The number of benzene rings is 1. The van der Waals surface area contributed by atoms with Crippen LogP contribution in [0.15, 0.2) is 18.2 Å². The third-order valence-electron chi connectivity index (χ3n) is 6.62. The van der Waals surface area contributed by atoms with Gasteiger partial charge in [0.05, 0.1) is 25.3 Å². The van der Waals surface area contributed by atoms with Gasteiger partial charge in [0.25, 0.3) is 0 Å². The highest BCUT2D eigenvalue weighted by atomic mass is 16.7. The van der Waals surface area contributed by atoms with Gasteiger partial charge in [-0.05, 0) is 26.0 Å². The van der Waals surface area contributed by atoms with Crippen LogP contribution in [0.4, 0.5) is 5.69 Å². The van der Waals surface area contributed by atoms with Gasteiger partial charge < -0.3 is 48.9 Å². The molecule has 270 valence electrons. The molecule has 3 N–H and O–H groups in total. The van der Waals surface area contributed by atoms with Crippen molar-refractivity contribution in [2.24, 2.45) is 0 Å². The Morgan fingerprint density at radius 2 is 1.29 bits per heavy atom. The van der Waals surface area contributed by atoms with Crippen LogP contribution < -0.4 is 15.8 Å². The van der Waals surface area contributed by atoms with E-state index in [9.17, 15) is 38.4 Å². The average Bonchev–Trinajstić information content (AvgIpc) is 2.98. The van der Waals surface area contributed by atoms with Gasteiger partial charge in [-0.15, -0.1) is 0 Å². The zero-order valence-corrected chi connectivity index (χ0v) is 28.1. The Morgan fingerprint density at radius 1 is 0.755 bits per heavy atom. The van der Waals surface area contributed by atoms with Gasteiger partial charge in [0.15, 0.2) is 18.0 Å². The zero-order valence-electron chi connectivity index (χ0n) is 28.1. The van der Waals surface area contributed by atoms with Gasteiger partial charge in [-0.1, -0.05) is 6.07 Å². The molecule has 0 radical (unpaired) electrons. The number of ketones is 1. The first kappa shape index (κ1) is 39.9. The maximum absolute atomic E-state index is 13.7. The summed E-state index contributed by atoms with van der Waals surface area (Å²) < 4.78 is 43.0. The molecule has 49 heavy (non-hydrogen) atoms. The molecule has 0 saturated carbocycles. The number of hydrogen-bond donors (Lipinski definition) is 2. The van der Waals surface area contributed by atoms with Crippen LogP contribution in [0.3, 0.4) is 0 Å². The number of amides is 1. The fraction of sp³-hybridized carbons (Fsp3) is 0.548. The number of rotatable bonds is 15. The maximum atomic E-state index is 13.7. The van der Waals surface area contributed by atoms with E-state index in [0.29, 0.717) is 0 Å². The normalized spacial score (nSPS) is 20.1. The van der Waals surface area contributed by atoms with Crippen molar-refractivity contribution in [1.29, 1.82) is 0 Å². The van der Waals surface area contributed by atoms with Crippen LogP contribution in [0.5, 0.6) is 5.75 Å². The summed E-state index contributed by atoms with van der Waals surface area (Å²) >= 11 is 0. The molecule has 1 aliphatic rings. The number of carbonyl (C=O) groups is 8. The van der Waals surface area contributed by atoms with E-state index in [1.165, 1.54) is 32.0 Å². The quantitative estimate of drug-likeness (QED) is 0.0823. The molecule has 2 rings (SSSR count). The van der Waals surface area contributed by atoms with Gasteiger partial charge in [0.2, 0.25) is 23.8 Å². The second-order valence-corrected chi connectivity index (χ2v) is 10.5. The van der Waals surface area contributed by atoms with Crippen molar-refractivity contribution in [1.82, 2.24) is 5.32 Å². The van der Waals surface area contributed by atoms with Crippen molar-refractivity contribution in [2.75, 3.05) is 25.6 Å². The molecule has 0 unspecified atom stereocenters. The summed E-state index contributed by atoms with van der Waals surface area (Å²) in [6, 6.07) is 3.85. The highest BCUT2D eigenvalue weighted by Gasteiger charge is 2.54. The molecular formula is C31H40N2O16. The molecule has 1 saturated heterocycles. The largest absolute Gasteiger partial charge is 0.464 e. The Bertz CT molecular complexity index is 1420. The number of hydrogen-bond acceptors (Lipinski definition) is 17. The average molecular weight is 697 g/mol. The highest BCUT2D eigenvalue weighted by molar-refractivity contribution is 6.14. The van der Waals surface area contributed by atoms with Gasteiger partial charge in [0.1, 0.15) is 18.5 Å². The Labute approximate surface area is 281 Å². The van der Waals surface area contributed by atoms with Crippen LogP contribution in [-0.4, -0.2) is 104 Å². The van der Waals surface area contributed by atoms with Crippen molar-refractivity contribution >= 4 is 53.2 Å². The molecule has 18 heteroatoms. The first-order valence-electron chi connectivity index (χ1n) is 15.0. The van der Waals surface area contributed by atoms with E-state index in [1.807, 2.05) is 0 Å². The smallest absolute Gasteiger partial charge is 0.344 e. The lowest BCUT2D eigenvalue weighted by atomic mass is 9.89. The number of para-hydroxylation sites is 1. The SMILES string of the molecule is CCOC(=O)C(CC(=O)c1cccc(O[C@@H]2O[C@H](COC(C)=O)[C@@H](OC(C)=O)[C@H](OC(C)=O)[C@H]2OC(C)=O)c1N)(NC(C)=O)C(=O)OCC. The number of nitrogens with two attached hydrogens (primary N) is 1. The zero-order chi connectivity index (χ0) is 37.1. The van der Waals surface area contributed by atoms with E-state index in [2.05, 4.69) is 5.32 Å². The summed E-state index contributed by atoms with van der Waals surface area (Å²) in [6.45, 7) is 7.25. The molecule has 0 spiro atoms. The Balaban J connectivity index is 2.62. The van der Waals surface area contributed by atoms with Crippen LogP contribution >= 0.6 is 0 Å². The minimum atomic E-state index is -2.57. The van der Waals surface area contributed by atoms with Gasteiger partial charge in [0, 0.05) is 40.2 Å². The molecule has 1 aromatic carbocycles. The number of nitrogen functional groups attached to an aromatic ring is 1. The number of esters is 6. The number of Topliss-reactive ketones (excluding diaryl/α,β-unsaturated/α-hetero) is 1. The van der Waals surface area contributed by atoms with E-state index in [-0.39, 0.29) is 30.2 Å². The van der Waals surface area contributed by atoms with Crippen molar-refractivity contribution in [2.45, 2.75) is 91.1 Å². The first-order valence-corrected chi connectivity index (χ1v) is 15.0. The van der Waals surface area contributed by atoms with Crippen LogP contribution in [0.1, 0.15) is 65.2 Å². The van der Waals surface area contributed by atoms with Crippen molar-refractivity contribution < 1.29 is 76.3 Å². The second-order valence-electron chi connectivity index (χ2n) is 10.5.